The molecule has 2 fully saturated rings. The monoisotopic (exact) mass is 383 g/mol. The van der Waals surface area contributed by atoms with Gasteiger partial charge in [-0.2, -0.15) is 5.10 Å². The van der Waals surface area contributed by atoms with Gasteiger partial charge in [-0.15, -0.1) is 0 Å². The highest BCUT2D eigenvalue weighted by Crippen LogP contribution is 2.39. The lowest BCUT2D eigenvalue weighted by Crippen LogP contribution is -2.40. The van der Waals surface area contributed by atoms with Crippen molar-refractivity contribution in [3.8, 4) is 0 Å². The zero-order chi connectivity index (χ0) is 19.8. The summed E-state index contributed by atoms with van der Waals surface area (Å²) in [4.78, 5) is 41.5. The Labute approximate surface area is 163 Å². The van der Waals surface area contributed by atoms with Gasteiger partial charge < -0.3 is 14.4 Å². The van der Waals surface area contributed by atoms with E-state index in [0.717, 1.165) is 24.2 Å². The van der Waals surface area contributed by atoms with Gasteiger partial charge in [0.2, 0.25) is 0 Å². The SMILES string of the molecule is Cc1ccc(C(=O)N2CCCN(C(=O)c3cc(C4CC4)[nH]n3)CC2)c(=O)n1C. The molecule has 4 rings (SSSR count). The Hall–Kier alpha value is -2.90. The third-order valence-corrected chi connectivity index (χ3v) is 5.69. The minimum Gasteiger partial charge on any atom is -0.337 e. The van der Waals surface area contributed by atoms with Crippen LogP contribution in [0.25, 0.3) is 0 Å². The summed E-state index contributed by atoms with van der Waals surface area (Å²) in [5.74, 6) is 0.137. The van der Waals surface area contributed by atoms with Crippen molar-refractivity contribution < 1.29 is 9.59 Å². The van der Waals surface area contributed by atoms with Crippen LogP contribution < -0.4 is 5.56 Å². The number of nitrogens with zero attached hydrogens (tertiary/aromatic N) is 4. The number of carbonyl (C=O) groups is 2. The number of H-pyrrole nitrogens is 1. The lowest BCUT2D eigenvalue weighted by atomic mass is 10.2. The maximum Gasteiger partial charge on any atom is 0.274 e. The van der Waals surface area contributed by atoms with E-state index in [1.807, 2.05) is 13.0 Å². The molecule has 3 heterocycles. The summed E-state index contributed by atoms with van der Waals surface area (Å²) in [7, 11) is 1.66. The average Bonchev–Trinajstić information content (AvgIpc) is 3.47. The molecule has 28 heavy (non-hydrogen) atoms. The zero-order valence-corrected chi connectivity index (χ0v) is 16.3. The van der Waals surface area contributed by atoms with Crippen LogP contribution in [0.4, 0.5) is 0 Å². The van der Waals surface area contributed by atoms with E-state index in [1.165, 1.54) is 4.57 Å². The molecule has 0 aromatic carbocycles. The van der Waals surface area contributed by atoms with Gasteiger partial charge in [-0.1, -0.05) is 0 Å². The van der Waals surface area contributed by atoms with Crippen LogP contribution in [0.15, 0.2) is 23.0 Å². The van der Waals surface area contributed by atoms with Crippen LogP contribution in [0.5, 0.6) is 0 Å². The van der Waals surface area contributed by atoms with Gasteiger partial charge in [0, 0.05) is 50.5 Å². The number of amides is 2. The number of aromatic nitrogens is 3. The van der Waals surface area contributed by atoms with Gasteiger partial charge in [-0.3, -0.25) is 19.5 Å². The number of pyridine rings is 1. The normalized spacial score (nSPS) is 17.5. The van der Waals surface area contributed by atoms with Gasteiger partial charge in [0.1, 0.15) is 11.3 Å². The van der Waals surface area contributed by atoms with Crippen LogP contribution in [0.3, 0.4) is 0 Å². The van der Waals surface area contributed by atoms with Crippen molar-refractivity contribution in [3.63, 3.8) is 0 Å². The Morgan fingerprint density at radius 2 is 1.75 bits per heavy atom. The number of aromatic amines is 1. The first-order valence-corrected chi connectivity index (χ1v) is 9.76. The Morgan fingerprint density at radius 1 is 1.07 bits per heavy atom. The molecule has 2 aromatic rings. The molecule has 2 amide bonds. The second-order valence-corrected chi connectivity index (χ2v) is 7.67. The fourth-order valence-electron chi connectivity index (χ4n) is 3.60. The Bertz CT molecular complexity index is 972. The van der Waals surface area contributed by atoms with Crippen molar-refractivity contribution >= 4 is 11.8 Å². The summed E-state index contributed by atoms with van der Waals surface area (Å²) in [6.07, 6.45) is 2.97. The highest BCUT2D eigenvalue weighted by Gasteiger charge is 2.29. The molecule has 0 atom stereocenters. The summed E-state index contributed by atoms with van der Waals surface area (Å²) >= 11 is 0. The maximum atomic E-state index is 12.9. The molecular weight excluding hydrogens is 358 g/mol. The molecule has 8 nitrogen and oxygen atoms in total. The zero-order valence-electron chi connectivity index (χ0n) is 16.3. The first-order valence-electron chi connectivity index (χ1n) is 9.76. The van der Waals surface area contributed by atoms with Gasteiger partial charge in [-0.25, -0.2) is 0 Å². The standard InChI is InChI=1S/C20H25N5O3/c1-13-4-7-15(18(26)23(13)2)19(27)24-8-3-9-25(11-10-24)20(28)17-12-16(21-22-17)14-5-6-14/h4,7,12,14H,3,5-6,8-11H2,1-2H3,(H,21,22). The smallest absolute Gasteiger partial charge is 0.274 e. The Morgan fingerprint density at radius 3 is 2.43 bits per heavy atom. The molecule has 0 unspecified atom stereocenters. The second-order valence-electron chi connectivity index (χ2n) is 7.67. The van der Waals surface area contributed by atoms with Crippen LogP contribution in [0.2, 0.25) is 0 Å². The van der Waals surface area contributed by atoms with E-state index in [0.29, 0.717) is 44.2 Å². The molecule has 1 aliphatic heterocycles. The van der Waals surface area contributed by atoms with E-state index in [4.69, 9.17) is 0 Å². The maximum absolute atomic E-state index is 12.9. The van der Waals surface area contributed by atoms with Gasteiger partial charge in [0.05, 0.1) is 0 Å². The first kappa shape index (κ1) is 18.5. The van der Waals surface area contributed by atoms with Crippen LogP contribution in [0.1, 0.15) is 57.4 Å². The number of aryl methyl sites for hydroxylation is 1. The molecule has 0 spiro atoms. The third kappa shape index (κ3) is 3.46. The number of hydrogen-bond acceptors (Lipinski definition) is 4. The summed E-state index contributed by atoms with van der Waals surface area (Å²) in [5.41, 5.74) is 2.17. The van der Waals surface area contributed by atoms with E-state index in [9.17, 15) is 14.4 Å². The van der Waals surface area contributed by atoms with E-state index < -0.39 is 0 Å². The number of rotatable bonds is 3. The van der Waals surface area contributed by atoms with Crippen molar-refractivity contribution in [1.82, 2.24) is 24.6 Å². The molecule has 2 aromatic heterocycles. The van der Waals surface area contributed by atoms with Crippen molar-refractivity contribution in [1.29, 1.82) is 0 Å². The average molecular weight is 383 g/mol. The molecule has 0 bridgehead atoms. The van der Waals surface area contributed by atoms with Crippen molar-refractivity contribution in [2.75, 3.05) is 26.2 Å². The van der Waals surface area contributed by atoms with Gasteiger partial charge >= 0.3 is 0 Å². The molecular formula is C20H25N5O3. The van der Waals surface area contributed by atoms with Gasteiger partial charge in [0.15, 0.2) is 0 Å². The quantitative estimate of drug-likeness (QED) is 0.864. The van der Waals surface area contributed by atoms with Crippen LogP contribution in [-0.4, -0.2) is 62.6 Å². The summed E-state index contributed by atoms with van der Waals surface area (Å²) in [5, 5.41) is 7.14. The molecule has 1 saturated carbocycles. The molecule has 0 radical (unpaired) electrons. The number of carbonyl (C=O) groups excluding carboxylic acids is 2. The van der Waals surface area contributed by atoms with Crippen LogP contribution in [0, 0.1) is 6.92 Å². The largest absolute Gasteiger partial charge is 0.337 e. The number of hydrogen-bond donors (Lipinski definition) is 1. The van der Waals surface area contributed by atoms with E-state index in [-0.39, 0.29) is 22.9 Å². The summed E-state index contributed by atoms with van der Waals surface area (Å²) in [6, 6.07) is 5.22. The Kier molecular flexibility index (Phi) is 4.78. The molecule has 1 saturated heterocycles. The van der Waals surface area contributed by atoms with Crippen molar-refractivity contribution in [2.45, 2.75) is 32.1 Å². The van der Waals surface area contributed by atoms with E-state index in [2.05, 4.69) is 10.2 Å². The topological polar surface area (TPSA) is 91.3 Å². The number of nitrogens with one attached hydrogen (secondary N) is 1. The fraction of sp³-hybridized carbons (Fsp3) is 0.500. The van der Waals surface area contributed by atoms with Gasteiger partial charge in [0.25, 0.3) is 17.4 Å². The fourth-order valence-corrected chi connectivity index (χ4v) is 3.60. The predicted molar refractivity (Wildman–Crippen MR) is 103 cm³/mol. The molecule has 148 valence electrons. The molecule has 8 heteroatoms. The second kappa shape index (κ2) is 7.26. The summed E-state index contributed by atoms with van der Waals surface area (Å²) in [6.45, 7) is 3.76. The minimum absolute atomic E-state index is 0.108. The first-order chi connectivity index (χ1) is 13.5. The van der Waals surface area contributed by atoms with E-state index >= 15 is 0 Å². The Balaban J connectivity index is 1.44. The summed E-state index contributed by atoms with van der Waals surface area (Å²) < 4.78 is 1.48. The van der Waals surface area contributed by atoms with E-state index in [1.54, 1.807) is 29.0 Å². The van der Waals surface area contributed by atoms with Crippen LogP contribution >= 0.6 is 0 Å². The molecule has 1 N–H and O–H groups in total. The molecule has 1 aliphatic carbocycles. The highest BCUT2D eigenvalue weighted by atomic mass is 16.2. The highest BCUT2D eigenvalue weighted by molar-refractivity contribution is 5.94. The lowest BCUT2D eigenvalue weighted by molar-refractivity contribution is 0.0714. The minimum atomic E-state index is -0.286. The predicted octanol–water partition coefficient (Wildman–Crippen LogP) is 1.28. The third-order valence-electron chi connectivity index (χ3n) is 5.69. The van der Waals surface area contributed by atoms with Gasteiger partial charge in [-0.05, 0) is 44.4 Å². The van der Waals surface area contributed by atoms with Crippen LogP contribution in [-0.2, 0) is 7.05 Å². The van der Waals surface area contributed by atoms with Crippen molar-refractivity contribution in [2.24, 2.45) is 7.05 Å². The van der Waals surface area contributed by atoms with Crippen molar-refractivity contribution in [3.05, 3.63) is 51.2 Å². The lowest BCUT2D eigenvalue weighted by Gasteiger charge is -2.22. The molecule has 2 aliphatic rings.